The second-order valence-electron chi connectivity index (χ2n) is 6.57. The molecule has 0 aromatic heterocycles. The summed E-state index contributed by atoms with van der Waals surface area (Å²) in [6, 6.07) is 0. The highest BCUT2D eigenvalue weighted by atomic mass is 16.6. The Morgan fingerprint density at radius 1 is 1.33 bits per heavy atom. The van der Waals surface area contributed by atoms with E-state index in [1.54, 1.807) is 20.8 Å². The van der Waals surface area contributed by atoms with E-state index in [9.17, 15) is 14.7 Å². The van der Waals surface area contributed by atoms with Gasteiger partial charge in [0.2, 0.25) is 0 Å². The Hall–Kier alpha value is -1.58. The minimum atomic E-state index is -0.917. The average molecular weight is 294 g/mol. The molecular weight excluding hydrogens is 268 g/mol. The lowest BCUT2D eigenvalue weighted by atomic mass is 9.91. The fourth-order valence-corrected chi connectivity index (χ4v) is 2.37. The van der Waals surface area contributed by atoms with Gasteiger partial charge in [0.05, 0.1) is 12.3 Å². The zero-order chi connectivity index (χ0) is 15.9. The van der Waals surface area contributed by atoms with Crippen LogP contribution in [0.2, 0.25) is 0 Å². The van der Waals surface area contributed by atoms with Gasteiger partial charge in [-0.25, -0.2) is 0 Å². The lowest BCUT2D eigenvalue weighted by Gasteiger charge is -2.21. The SMILES string of the molecule is CC(C)(C)OC(=O)CC(CCCC1C=CC=CC1)C(=O)O. The molecule has 0 aliphatic heterocycles. The minimum Gasteiger partial charge on any atom is -0.481 e. The summed E-state index contributed by atoms with van der Waals surface area (Å²) in [4.78, 5) is 23.0. The topological polar surface area (TPSA) is 63.6 Å². The van der Waals surface area contributed by atoms with Crippen LogP contribution in [0.25, 0.3) is 0 Å². The first-order valence-corrected chi connectivity index (χ1v) is 7.56. The first-order chi connectivity index (χ1) is 9.78. The number of allylic oxidation sites excluding steroid dienone is 4. The number of esters is 1. The maximum Gasteiger partial charge on any atom is 0.307 e. The number of carboxylic acids is 1. The van der Waals surface area contributed by atoms with E-state index in [1.165, 1.54) is 0 Å². The van der Waals surface area contributed by atoms with Crippen LogP contribution in [0.4, 0.5) is 0 Å². The van der Waals surface area contributed by atoms with Gasteiger partial charge in [0.1, 0.15) is 5.60 Å². The van der Waals surface area contributed by atoms with Crippen LogP contribution in [0.5, 0.6) is 0 Å². The summed E-state index contributed by atoms with van der Waals surface area (Å²) in [5.74, 6) is -1.51. The lowest BCUT2D eigenvalue weighted by Crippen LogP contribution is -2.27. The van der Waals surface area contributed by atoms with E-state index < -0.39 is 23.5 Å². The molecular formula is C17H26O4. The van der Waals surface area contributed by atoms with Crippen LogP contribution in [0.1, 0.15) is 52.9 Å². The molecule has 1 aliphatic carbocycles. The maximum atomic E-state index is 11.7. The number of carbonyl (C=O) groups excluding carboxylic acids is 1. The molecule has 0 amide bonds. The molecule has 1 aliphatic rings. The summed E-state index contributed by atoms with van der Waals surface area (Å²) < 4.78 is 5.19. The number of hydrogen-bond acceptors (Lipinski definition) is 3. The molecule has 0 spiro atoms. The largest absolute Gasteiger partial charge is 0.481 e. The molecule has 1 N–H and O–H groups in total. The molecule has 2 atom stereocenters. The number of rotatable bonds is 7. The van der Waals surface area contributed by atoms with Crippen LogP contribution in [-0.4, -0.2) is 22.6 Å². The van der Waals surface area contributed by atoms with Gasteiger partial charge in [-0.2, -0.15) is 0 Å². The summed E-state index contributed by atoms with van der Waals surface area (Å²) in [5.41, 5.74) is -0.570. The van der Waals surface area contributed by atoms with Gasteiger partial charge in [-0.3, -0.25) is 9.59 Å². The van der Waals surface area contributed by atoms with Crippen molar-refractivity contribution in [1.82, 2.24) is 0 Å². The Kier molecular flexibility index (Phi) is 6.66. The molecule has 0 saturated heterocycles. The first-order valence-electron chi connectivity index (χ1n) is 7.56. The molecule has 118 valence electrons. The number of carbonyl (C=O) groups is 2. The fourth-order valence-electron chi connectivity index (χ4n) is 2.37. The molecule has 0 heterocycles. The first kappa shape index (κ1) is 17.5. The Labute approximate surface area is 126 Å². The Morgan fingerprint density at radius 2 is 2.05 bits per heavy atom. The van der Waals surface area contributed by atoms with Gasteiger partial charge in [-0.05, 0) is 46.0 Å². The Bertz CT molecular complexity index is 415. The van der Waals surface area contributed by atoms with E-state index in [2.05, 4.69) is 12.2 Å². The van der Waals surface area contributed by atoms with Crippen LogP contribution >= 0.6 is 0 Å². The van der Waals surface area contributed by atoms with Crippen LogP contribution < -0.4 is 0 Å². The van der Waals surface area contributed by atoms with Crippen molar-refractivity contribution in [2.45, 2.75) is 58.5 Å². The van der Waals surface area contributed by atoms with E-state index in [0.717, 1.165) is 19.3 Å². The third-order valence-electron chi connectivity index (χ3n) is 3.38. The maximum absolute atomic E-state index is 11.7. The summed E-state index contributed by atoms with van der Waals surface area (Å²) in [5, 5.41) is 9.22. The molecule has 0 radical (unpaired) electrons. The summed E-state index contributed by atoms with van der Waals surface area (Å²) >= 11 is 0. The van der Waals surface area contributed by atoms with Gasteiger partial charge in [0.25, 0.3) is 0 Å². The molecule has 0 aromatic rings. The van der Waals surface area contributed by atoms with Crippen LogP contribution in [0.3, 0.4) is 0 Å². The molecule has 0 aromatic carbocycles. The van der Waals surface area contributed by atoms with Crippen molar-refractivity contribution in [1.29, 1.82) is 0 Å². The highest BCUT2D eigenvalue weighted by Gasteiger charge is 2.25. The van der Waals surface area contributed by atoms with E-state index >= 15 is 0 Å². The number of carboxylic acid groups (broad SMARTS) is 1. The van der Waals surface area contributed by atoms with E-state index in [1.807, 2.05) is 12.2 Å². The lowest BCUT2D eigenvalue weighted by molar-refractivity contribution is -0.160. The predicted molar refractivity (Wildman–Crippen MR) is 81.8 cm³/mol. The second kappa shape index (κ2) is 8.01. The fraction of sp³-hybridized carbons (Fsp3) is 0.647. The number of aliphatic carboxylic acids is 1. The van der Waals surface area contributed by atoms with Gasteiger partial charge in [-0.1, -0.05) is 30.7 Å². The van der Waals surface area contributed by atoms with Crippen molar-refractivity contribution in [2.75, 3.05) is 0 Å². The average Bonchev–Trinajstić information content (AvgIpc) is 2.36. The van der Waals surface area contributed by atoms with Crippen LogP contribution in [-0.2, 0) is 14.3 Å². The normalized spacial score (nSPS) is 19.3. The zero-order valence-corrected chi connectivity index (χ0v) is 13.2. The van der Waals surface area contributed by atoms with Gasteiger partial charge in [-0.15, -0.1) is 0 Å². The monoisotopic (exact) mass is 294 g/mol. The summed E-state index contributed by atoms with van der Waals surface area (Å²) in [6.45, 7) is 5.34. The van der Waals surface area contributed by atoms with E-state index in [4.69, 9.17) is 4.74 Å². The smallest absolute Gasteiger partial charge is 0.307 e. The quantitative estimate of drug-likeness (QED) is 0.727. The summed E-state index contributed by atoms with van der Waals surface area (Å²) in [7, 11) is 0. The highest BCUT2D eigenvalue weighted by molar-refractivity contribution is 5.78. The van der Waals surface area contributed by atoms with Gasteiger partial charge < -0.3 is 9.84 Å². The highest BCUT2D eigenvalue weighted by Crippen LogP contribution is 2.22. The van der Waals surface area contributed by atoms with E-state index in [-0.39, 0.29) is 6.42 Å². The molecule has 21 heavy (non-hydrogen) atoms. The van der Waals surface area contributed by atoms with Crippen molar-refractivity contribution in [3.63, 3.8) is 0 Å². The molecule has 4 heteroatoms. The van der Waals surface area contributed by atoms with Gasteiger partial charge in [0.15, 0.2) is 0 Å². The van der Waals surface area contributed by atoms with Crippen LogP contribution in [0.15, 0.2) is 24.3 Å². The van der Waals surface area contributed by atoms with Gasteiger partial charge in [0, 0.05) is 0 Å². The summed E-state index contributed by atoms with van der Waals surface area (Å²) in [6.07, 6.45) is 11.6. The van der Waals surface area contributed by atoms with Crippen molar-refractivity contribution < 1.29 is 19.4 Å². The number of ether oxygens (including phenoxy) is 1. The molecule has 0 bridgehead atoms. The van der Waals surface area contributed by atoms with Crippen LogP contribution in [0, 0.1) is 11.8 Å². The third kappa shape index (κ3) is 7.69. The van der Waals surface area contributed by atoms with Gasteiger partial charge >= 0.3 is 11.9 Å². The molecule has 1 rings (SSSR count). The zero-order valence-electron chi connectivity index (χ0n) is 13.2. The Morgan fingerprint density at radius 3 is 2.57 bits per heavy atom. The van der Waals surface area contributed by atoms with E-state index in [0.29, 0.717) is 12.3 Å². The van der Waals surface area contributed by atoms with Crippen molar-refractivity contribution in [3.05, 3.63) is 24.3 Å². The van der Waals surface area contributed by atoms with Crippen molar-refractivity contribution in [2.24, 2.45) is 11.8 Å². The standard InChI is InChI=1S/C17H26O4/c1-17(2,3)21-15(18)12-14(16(19)20)11-7-10-13-8-5-4-6-9-13/h4-6,8,13-14H,7,9-12H2,1-3H3,(H,19,20). The molecule has 0 saturated carbocycles. The third-order valence-corrected chi connectivity index (χ3v) is 3.38. The molecule has 4 nitrogen and oxygen atoms in total. The second-order valence-corrected chi connectivity index (χ2v) is 6.57. The van der Waals surface area contributed by atoms with Crippen molar-refractivity contribution >= 4 is 11.9 Å². The molecule has 0 fully saturated rings. The van der Waals surface area contributed by atoms with Crippen molar-refractivity contribution in [3.8, 4) is 0 Å². The minimum absolute atomic E-state index is 0.0486. The Balaban J connectivity index is 2.36. The molecule has 2 unspecified atom stereocenters. The number of hydrogen-bond donors (Lipinski definition) is 1. The predicted octanol–water partition coefficient (Wildman–Crippen LogP) is 3.72.